The van der Waals surface area contributed by atoms with E-state index < -0.39 is 24.0 Å². The number of aliphatic hydroxyl groups is 1. The van der Waals surface area contributed by atoms with Crippen molar-refractivity contribution in [2.75, 3.05) is 6.61 Å². The van der Waals surface area contributed by atoms with E-state index in [0.717, 1.165) is 0 Å². The maximum Gasteiger partial charge on any atom is 0.328 e. The van der Waals surface area contributed by atoms with Gasteiger partial charge in [-0.15, -0.1) is 0 Å². The van der Waals surface area contributed by atoms with Crippen molar-refractivity contribution in [2.24, 2.45) is 5.92 Å². The van der Waals surface area contributed by atoms with E-state index in [2.05, 4.69) is 5.32 Å². The molecule has 6 nitrogen and oxygen atoms in total. The number of hydrogen-bond acceptors (Lipinski definition) is 4. The van der Waals surface area contributed by atoms with Gasteiger partial charge in [0.15, 0.2) is 6.04 Å². The van der Waals surface area contributed by atoms with Gasteiger partial charge in [0.25, 0.3) is 5.91 Å². The fraction of sp³-hybridized carbons (Fsp3) is 0.467. The number of amides is 1. The summed E-state index contributed by atoms with van der Waals surface area (Å²) in [6, 6.07) is 5.05. The van der Waals surface area contributed by atoms with Gasteiger partial charge < -0.3 is 20.3 Å². The Morgan fingerprint density at radius 1 is 1.19 bits per heavy atom. The maximum absolute atomic E-state index is 11.9. The molecule has 6 heteroatoms. The molecule has 0 fully saturated rings. The first-order valence-electron chi connectivity index (χ1n) is 6.76. The van der Waals surface area contributed by atoms with Crippen LogP contribution in [0.3, 0.4) is 0 Å². The number of carbonyl (C=O) groups is 2. The molecule has 1 amide bonds. The standard InChI is InChI=1S/C15H21NO5/c1-9(2)8-21-12-6-4-11(5-7-12)14(18)16-13(10(3)17)15(19)20/h4-7,9-10,13,17H,8H2,1-3H3,(H,16,18)(H,19,20)/t10-,13+/m1/s1. The Labute approximate surface area is 123 Å². The topological polar surface area (TPSA) is 95.9 Å². The Bertz CT molecular complexity index is 481. The summed E-state index contributed by atoms with van der Waals surface area (Å²) in [6.45, 7) is 5.95. The first kappa shape index (κ1) is 17.0. The monoisotopic (exact) mass is 295 g/mol. The largest absolute Gasteiger partial charge is 0.493 e. The van der Waals surface area contributed by atoms with Crippen molar-refractivity contribution in [1.82, 2.24) is 5.32 Å². The minimum atomic E-state index is -1.34. The molecule has 0 heterocycles. The Hall–Kier alpha value is -2.08. The van der Waals surface area contributed by atoms with E-state index in [1.54, 1.807) is 24.3 Å². The predicted molar refractivity (Wildman–Crippen MR) is 77.3 cm³/mol. The van der Waals surface area contributed by atoms with Gasteiger partial charge >= 0.3 is 5.97 Å². The summed E-state index contributed by atoms with van der Waals surface area (Å²) in [5.41, 5.74) is 0.304. The number of carbonyl (C=O) groups excluding carboxylic acids is 1. The van der Waals surface area contributed by atoms with E-state index in [9.17, 15) is 14.7 Å². The first-order valence-corrected chi connectivity index (χ1v) is 6.76. The zero-order chi connectivity index (χ0) is 16.0. The highest BCUT2D eigenvalue weighted by atomic mass is 16.5. The number of ether oxygens (including phenoxy) is 1. The Morgan fingerprint density at radius 2 is 1.76 bits per heavy atom. The van der Waals surface area contributed by atoms with Crippen LogP contribution in [0.25, 0.3) is 0 Å². The predicted octanol–water partition coefficient (Wildman–Crippen LogP) is 1.29. The molecule has 0 bridgehead atoms. The Balaban J connectivity index is 2.68. The molecule has 0 aliphatic heterocycles. The van der Waals surface area contributed by atoms with Gasteiger partial charge in [0.1, 0.15) is 5.75 Å². The van der Waals surface area contributed by atoms with Crippen LogP contribution in [0.1, 0.15) is 31.1 Å². The number of benzene rings is 1. The molecule has 0 unspecified atom stereocenters. The molecular formula is C15H21NO5. The zero-order valence-electron chi connectivity index (χ0n) is 12.4. The summed E-state index contributed by atoms with van der Waals surface area (Å²) < 4.78 is 5.49. The van der Waals surface area contributed by atoms with Crippen LogP contribution in [0.5, 0.6) is 5.75 Å². The number of nitrogens with one attached hydrogen (secondary N) is 1. The van der Waals surface area contributed by atoms with Crippen molar-refractivity contribution >= 4 is 11.9 Å². The molecular weight excluding hydrogens is 274 g/mol. The summed E-state index contributed by atoms with van der Waals surface area (Å²) in [7, 11) is 0. The molecule has 0 saturated heterocycles. The Morgan fingerprint density at radius 3 is 2.19 bits per heavy atom. The van der Waals surface area contributed by atoms with Gasteiger partial charge in [-0.25, -0.2) is 4.79 Å². The molecule has 0 saturated carbocycles. The second kappa shape index (κ2) is 7.64. The lowest BCUT2D eigenvalue weighted by Crippen LogP contribution is -2.47. The first-order chi connectivity index (χ1) is 9.81. The van der Waals surface area contributed by atoms with Crippen molar-refractivity contribution in [3.05, 3.63) is 29.8 Å². The van der Waals surface area contributed by atoms with E-state index in [1.807, 2.05) is 13.8 Å². The minimum absolute atomic E-state index is 0.304. The summed E-state index contributed by atoms with van der Waals surface area (Å²) in [4.78, 5) is 22.8. The van der Waals surface area contributed by atoms with Gasteiger partial charge in [-0.2, -0.15) is 0 Å². The maximum atomic E-state index is 11.9. The quantitative estimate of drug-likeness (QED) is 0.704. The van der Waals surface area contributed by atoms with Crippen LogP contribution >= 0.6 is 0 Å². The number of aliphatic carboxylic acids is 1. The third kappa shape index (κ3) is 5.43. The van der Waals surface area contributed by atoms with Gasteiger partial charge in [0, 0.05) is 5.56 Å². The Kier molecular flexibility index (Phi) is 6.17. The lowest BCUT2D eigenvalue weighted by Gasteiger charge is -2.17. The van der Waals surface area contributed by atoms with Crippen LogP contribution in [0.4, 0.5) is 0 Å². The van der Waals surface area contributed by atoms with Crippen molar-refractivity contribution in [1.29, 1.82) is 0 Å². The molecule has 0 spiro atoms. The molecule has 1 aromatic carbocycles. The van der Waals surface area contributed by atoms with E-state index >= 15 is 0 Å². The number of aliphatic hydroxyl groups excluding tert-OH is 1. The third-order valence-corrected chi connectivity index (χ3v) is 2.73. The third-order valence-electron chi connectivity index (χ3n) is 2.73. The van der Waals surface area contributed by atoms with E-state index in [4.69, 9.17) is 9.84 Å². The van der Waals surface area contributed by atoms with Crippen molar-refractivity contribution in [3.63, 3.8) is 0 Å². The molecule has 0 aliphatic carbocycles. The molecule has 0 radical (unpaired) electrons. The summed E-state index contributed by atoms with van der Waals surface area (Å²) in [6.07, 6.45) is -1.18. The highest BCUT2D eigenvalue weighted by Crippen LogP contribution is 2.13. The van der Waals surface area contributed by atoms with Crippen LogP contribution in [-0.4, -0.2) is 40.8 Å². The van der Waals surface area contributed by atoms with Gasteiger partial charge in [-0.1, -0.05) is 13.8 Å². The van der Waals surface area contributed by atoms with Gasteiger partial charge in [0.05, 0.1) is 12.7 Å². The van der Waals surface area contributed by atoms with E-state index in [-0.39, 0.29) is 0 Å². The fourth-order valence-electron chi connectivity index (χ4n) is 1.58. The van der Waals surface area contributed by atoms with Crippen molar-refractivity contribution in [3.8, 4) is 5.75 Å². The molecule has 3 N–H and O–H groups in total. The average molecular weight is 295 g/mol. The summed E-state index contributed by atoms with van der Waals surface area (Å²) in [5, 5.41) is 20.5. The lowest BCUT2D eigenvalue weighted by atomic mass is 10.1. The molecule has 116 valence electrons. The van der Waals surface area contributed by atoms with Crippen LogP contribution in [-0.2, 0) is 4.79 Å². The van der Waals surface area contributed by atoms with Gasteiger partial charge in [0.2, 0.25) is 0 Å². The summed E-state index contributed by atoms with van der Waals surface area (Å²) >= 11 is 0. The smallest absolute Gasteiger partial charge is 0.328 e. The fourth-order valence-corrected chi connectivity index (χ4v) is 1.58. The number of hydrogen-bond donors (Lipinski definition) is 3. The molecule has 21 heavy (non-hydrogen) atoms. The van der Waals surface area contributed by atoms with Gasteiger partial charge in [-0.05, 0) is 37.1 Å². The number of carboxylic acid groups (broad SMARTS) is 1. The molecule has 1 rings (SSSR count). The van der Waals surface area contributed by atoms with Crippen LogP contribution < -0.4 is 10.1 Å². The van der Waals surface area contributed by atoms with Crippen LogP contribution in [0.2, 0.25) is 0 Å². The number of carboxylic acids is 1. The second-order valence-electron chi connectivity index (χ2n) is 5.26. The molecule has 0 aliphatic rings. The molecule has 2 atom stereocenters. The van der Waals surface area contributed by atoms with Crippen molar-refractivity contribution in [2.45, 2.75) is 32.9 Å². The lowest BCUT2D eigenvalue weighted by molar-refractivity contribution is -0.141. The van der Waals surface area contributed by atoms with Crippen LogP contribution in [0, 0.1) is 5.92 Å². The normalized spacial score (nSPS) is 13.6. The highest BCUT2D eigenvalue weighted by molar-refractivity contribution is 5.96. The number of rotatable bonds is 7. The highest BCUT2D eigenvalue weighted by Gasteiger charge is 2.25. The van der Waals surface area contributed by atoms with Crippen LogP contribution in [0.15, 0.2) is 24.3 Å². The van der Waals surface area contributed by atoms with E-state index in [0.29, 0.717) is 23.8 Å². The second-order valence-corrected chi connectivity index (χ2v) is 5.26. The average Bonchev–Trinajstić information content (AvgIpc) is 2.42. The molecule has 1 aromatic rings. The SMILES string of the molecule is CC(C)COc1ccc(C(=O)N[C@H](C(=O)O)[C@@H](C)O)cc1. The van der Waals surface area contributed by atoms with Crippen molar-refractivity contribution < 1.29 is 24.5 Å². The molecule has 0 aromatic heterocycles. The zero-order valence-corrected chi connectivity index (χ0v) is 12.4. The minimum Gasteiger partial charge on any atom is -0.493 e. The summed E-state index contributed by atoms with van der Waals surface area (Å²) in [5.74, 6) is -0.796. The van der Waals surface area contributed by atoms with Gasteiger partial charge in [-0.3, -0.25) is 4.79 Å². The van der Waals surface area contributed by atoms with E-state index in [1.165, 1.54) is 6.92 Å².